The SMILES string of the molecule is CN(C)CCN[S+]([O-])c1ccc(Br)cc1. The number of hydrogen-bond acceptors (Lipinski definition) is 3. The fourth-order valence-electron chi connectivity index (χ4n) is 1.00. The summed E-state index contributed by atoms with van der Waals surface area (Å²) in [5.41, 5.74) is 0. The van der Waals surface area contributed by atoms with Crippen LogP contribution in [0.2, 0.25) is 0 Å². The molecule has 0 aliphatic carbocycles. The maximum absolute atomic E-state index is 11.7. The third-order valence-electron chi connectivity index (χ3n) is 1.82. The molecule has 3 nitrogen and oxygen atoms in total. The Balaban J connectivity index is 2.40. The van der Waals surface area contributed by atoms with Crippen molar-refractivity contribution in [2.45, 2.75) is 4.90 Å². The molecule has 0 fully saturated rings. The van der Waals surface area contributed by atoms with Crippen molar-refractivity contribution in [2.75, 3.05) is 27.2 Å². The van der Waals surface area contributed by atoms with Gasteiger partial charge in [-0.3, -0.25) is 0 Å². The average Bonchev–Trinajstić information content (AvgIpc) is 2.18. The van der Waals surface area contributed by atoms with Gasteiger partial charge in [0.15, 0.2) is 4.90 Å². The molecule has 0 spiro atoms. The van der Waals surface area contributed by atoms with E-state index in [4.69, 9.17) is 0 Å². The van der Waals surface area contributed by atoms with Gasteiger partial charge in [0.25, 0.3) is 0 Å². The van der Waals surface area contributed by atoms with E-state index in [-0.39, 0.29) is 0 Å². The lowest BCUT2D eigenvalue weighted by Gasteiger charge is -2.13. The van der Waals surface area contributed by atoms with Crippen molar-refractivity contribution < 1.29 is 4.55 Å². The molecule has 0 bridgehead atoms. The number of rotatable bonds is 5. The van der Waals surface area contributed by atoms with Gasteiger partial charge in [0.2, 0.25) is 0 Å². The first-order valence-corrected chi connectivity index (χ1v) is 6.59. The monoisotopic (exact) mass is 290 g/mol. The van der Waals surface area contributed by atoms with Crippen LogP contribution in [-0.2, 0) is 11.4 Å². The van der Waals surface area contributed by atoms with Crippen molar-refractivity contribution in [3.63, 3.8) is 0 Å². The highest BCUT2D eigenvalue weighted by atomic mass is 79.9. The number of benzene rings is 1. The highest BCUT2D eigenvalue weighted by Crippen LogP contribution is 2.14. The molecule has 5 heteroatoms. The predicted octanol–water partition coefficient (Wildman–Crippen LogP) is 1.62. The van der Waals surface area contributed by atoms with Gasteiger partial charge in [-0.05, 0) is 38.4 Å². The van der Waals surface area contributed by atoms with E-state index in [0.29, 0.717) is 0 Å². The van der Waals surface area contributed by atoms with E-state index in [0.717, 1.165) is 22.5 Å². The summed E-state index contributed by atoms with van der Waals surface area (Å²) in [7, 11) is 3.98. The van der Waals surface area contributed by atoms with Crippen molar-refractivity contribution in [1.29, 1.82) is 0 Å². The first-order valence-electron chi connectivity index (χ1n) is 4.65. The second-order valence-corrected chi connectivity index (χ2v) is 5.63. The Morgan fingerprint density at radius 1 is 1.33 bits per heavy atom. The summed E-state index contributed by atoms with van der Waals surface area (Å²) < 4.78 is 15.7. The van der Waals surface area contributed by atoms with Crippen LogP contribution in [0.3, 0.4) is 0 Å². The number of nitrogens with one attached hydrogen (secondary N) is 1. The van der Waals surface area contributed by atoms with Gasteiger partial charge in [-0.2, -0.15) is 0 Å². The number of likely N-dealkylation sites (N-methyl/N-ethyl adjacent to an activating group) is 1. The Kier molecular flexibility index (Phi) is 5.63. The van der Waals surface area contributed by atoms with E-state index in [1.807, 2.05) is 43.3 Å². The minimum absolute atomic E-state index is 0.718. The fraction of sp³-hybridized carbons (Fsp3) is 0.400. The van der Waals surface area contributed by atoms with Crippen molar-refractivity contribution in [2.24, 2.45) is 0 Å². The van der Waals surface area contributed by atoms with Gasteiger partial charge in [0.1, 0.15) is 0 Å². The average molecular weight is 291 g/mol. The Bertz CT molecular complexity index is 292. The van der Waals surface area contributed by atoms with Crippen LogP contribution < -0.4 is 4.72 Å². The van der Waals surface area contributed by atoms with E-state index < -0.39 is 11.4 Å². The summed E-state index contributed by atoms with van der Waals surface area (Å²) in [5.74, 6) is 0. The van der Waals surface area contributed by atoms with Gasteiger partial charge < -0.3 is 9.45 Å². The molecule has 1 unspecified atom stereocenters. The van der Waals surface area contributed by atoms with Gasteiger partial charge in [-0.1, -0.05) is 15.9 Å². The van der Waals surface area contributed by atoms with Crippen molar-refractivity contribution >= 4 is 27.3 Å². The van der Waals surface area contributed by atoms with Crippen LogP contribution in [0.1, 0.15) is 0 Å². The molecular formula is C10H15BrN2OS. The number of nitrogens with zero attached hydrogens (tertiary/aromatic N) is 1. The summed E-state index contributed by atoms with van der Waals surface area (Å²) in [6, 6.07) is 7.48. The largest absolute Gasteiger partial charge is 0.593 e. The normalized spacial score (nSPS) is 13.1. The minimum atomic E-state index is -1.11. The van der Waals surface area contributed by atoms with Gasteiger partial charge in [-0.15, -0.1) is 4.72 Å². The van der Waals surface area contributed by atoms with Gasteiger partial charge in [-0.25, -0.2) is 0 Å². The van der Waals surface area contributed by atoms with Gasteiger partial charge in [0.05, 0.1) is 17.9 Å². The number of halogens is 1. The molecule has 1 rings (SSSR count). The second-order valence-electron chi connectivity index (χ2n) is 3.42. The minimum Gasteiger partial charge on any atom is -0.593 e. The molecule has 1 aromatic carbocycles. The highest BCUT2D eigenvalue weighted by Gasteiger charge is 2.09. The zero-order valence-electron chi connectivity index (χ0n) is 8.87. The molecular weight excluding hydrogens is 276 g/mol. The molecule has 0 heterocycles. The lowest BCUT2D eigenvalue weighted by atomic mass is 10.4. The third kappa shape index (κ3) is 4.99. The molecule has 1 aromatic rings. The quantitative estimate of drug-likeness (QED) is 0.838. The zero-order chi connectivity index (χ0) is 11.3. The maximum Gasteiger partial charge on any atom is 0.173 e. The van der Waals surface area contributed by atoms with E-state index in [1.54, 1.807) is 0 Å². The zero-order valence-corrected chi connectivity index (χ0v) is 11.3. The lowest BCUT2D eigenvalue weighted by molar-refractivity contribution is 0.412. The van der Waals surface area contributed by atoms with Gasteiger partial charge in [0, 0.05) is 11.0 Å². The van der Waals surface area contributed by atoms with Crippen molar-refractivity contribution in [3.05, 3.63) is 28.7 Å². The molecule has 84 valence electrons. The third-order valence-corrected chi connectivity index (χ3v) is 3.52. The molecule has 0 radical (unpaired) electrons. The molecule has 15 heavy (non-hydrogen) atoms. The Morgan fingerprint density at radius 3 is 2.47 bits per heavy atom. The highest BCUT2D eigenvalue weighted by molar-refractivity contribution is 9.10. The summed E-state index contributed by atoms with van der Waals surface area (Å²) >= 11 is 2.23. The van der Waals surface area contributed by atoms with Crippen LogP contribution in [0.5, 0.6) is 0 Å². The topological polar surface area (TPSA) is 38.3 Å². The maximum atomic E-state index is 11.7. The van der Waals surface area contributed by atoms with E-state index in [1.165, 1.54) is 0 Å². The van der Waals surface area contributed by atoms with Crippen molar-refractivity contribution in [1.82, 2.24) is 9.62 Å². The summed E-state index contributed by atoms with van der Waals surface area (Å²) in [6.45, 7) is 1.60. The van der Waals surface area contributed by atoms with Crippen LogP contribution >= 0.6 is 15.9 Å². The summed E-state index contributed by atoms with van der Waals surface area (Å²) in [4.78, 5) is 2.85. The molecule has 1 N–H and O–H groups in total. The summed E-state index contributed by atoms with van der Waals surface area (Å²) in [5, 5.41) is 0. The second kappa shape index (κ2) is 6.50. The molecule has 0 aliphatic heterocycles. The van der Waals surface area contributed by atoms with Gasteiger partial charge >= 0.3 is 0 Å². The molecule has 1 atom stereocenters. The molecule has 0 amide bonds. The van der Waals surface area contributed by atoms with Crippen LogP contribution in [-0.4, -0.2) is 36.6 Å². The number of hydrogen-bond donors (Lipinski definition) is 1. The van der Waals surface area contributed by atoms with E-state index in [2.05, 4.69) is 20.7 Å². The van der Waals surface area contributed by atoms with Crippen LogP contribution in [0.4, 0.5) is 0 Å². The van der Waals surface area contributed by atoms with Crippen LogP contribution in [0.25, 0.3) is 0 Å². The molecule has 0 aromatic heterocycles. The first kappa shape index (κ1) is 13.0. The van der Waals surface area contributed by atoms with Crippen LogP contribution in [0, 0.1) is 0 Å². The standard InChI is InChI=1S/C10H15BrN2OS/c1-13(2)8-7-12-15(14)10-5-3-9(11)4-6-10/h3-6,12H,7-8H2,1-2H3. The molecule has 0 aliphatic rings. The smallest absolute Gasteiger partial charge is 0.173 e. The Hall–Kier alpha value is -0.0700. The predicted molar refractivity (Wildman–Crippen MR) is 67.1 cm³/mol. The molecule has 0 saturated heterocycles. The van der Waals surface area contributed by atoms with E-state index >= 15 is 0 Å². The van der Waals surface area contributed by atoms with Crippen LogP contribution in [0.15, 0.2) is 33.6 Å². The Morgan fingerprint density at radius 2 is 1.93 bits per heavy atom. The fourth-order valence-corrected chi connectivity index (χ4v) is 2.09. The Labute approximate surface area is 102 Å². The van der Waals surface area contributed by atoms with Crippen molar-refractivity contribution in [3.8, 4) is 0 Å². The van der Waals surface area contributed by atoms with E-state index in [9.17, 15) is 4.55 Å². The molecule has 0 saturated carbocycles. The summed E-state index contributed by atoms with van der Waals surface area (Å²) in [6.07, 6.45) is 0. The lowest BCUT2D eigenvalue weighted by Crippen LogP contribution is -2.31. The first-order chi connectivity index (χ1) is 7.09.